The van der Waals surface area contributed by atoms with Crippen molar-refractivity contribution in [2.45, 2.75) is 31.6 Å². The van der Waals surface area contributed by atoms with E-state index in [0.29, 0.717) is 30.8 Å². The molecule has 0 bridgehead atoms. The van der Waals surface area contributed by atoms with Crippen molar-refractivity contribution >= 4 is 21.8 Å². The second kappa shape index (κ2) is 7.11. The molecular weight excluding hydrogens is 388 g/mol. The van der Waals surface area contributed by atoms with Crippen molar-refractivity contribution in [3.63, 3.8) is 0 Å². The van der Waals surface area contributed by atoms with Crippen LogP contribution in [0, 0.1) is 5.92 Å². The number of ether oxygens (including phenoxy) is 1. The van der Waals surface area contributed by atoms with Crippen LogP contribution >= 0.6 is 15.9 Å². The van der Waals surface area contributed by atoms with Gasteiger partial charge >= 0.3 is 6.01 Å². The number of halogens is 1. The summed E-state index contributed by atoms with van der Waals surface area (Å²) < 4.78 is 11.8. The number of piperidine rings is 1. The molecule has 2 aliphatic rings. The van der Waals surface area contributed by atoms with E-state index in [4.69, 9.17) is 9.26 Å². The van der Waals surface area contributed by atoms with Gasteiger partial charge in [0.15, 0.2) is 5.69 Å². The van der Waals surface area contributed by atoms with Crippen molar-refractivity contribution < 1.29 is 14.1 Å². The molecule has 4 rings (SSSR count). The van der Waals surface area contributed by atoms with Gasteiger partial charge in [-0.2, -0.15) is 0 Å². The fourth-order valence-corrected chi connectivity index (χ4v) is 3.27. The first-order chi connectivity index (χ1) is 12.2. The Balaban J connectivity index is 1.33. The zero-order chi connectivity index (χ0) is 17.2. The lowest BCUT2D eigenvalue weighted by molar-refractivity contribution is 0.0618. The van der Waals surface area contributed by atoms with Crippen LogP contribution in [-0.2, 0) is 0 Å². The summed E-state index contributed by atoms with van der Waals surface area (Å²) in [7, 11) is 0. The number of hydrogen-bond donors (Lipinski definition) is 0. The third-order valence-electron chi connectivity index (χ3n) is 4.58. The first-order valence-corrected chi connectivity index (χ1v) is 9.34. The highest BCUT2D eigenvalue weighted by molar-refractivity contribution is 9.10. The molecule has 25 heavy (non-hydrogen) atoms. The molecule has 1 atom stereocenters. The normalized spacial score (nSPS) is 20.5. The molecule has 1 unspecified atom stereocenters. The Bertz CT molecular complexity index is 745. The summed E-state index contributed by atoms with van der Waals surface area (Å²) in [4.78, 5) is 22.7. The minimum absolute atomic E-state index is 0.0553. The summed E-state index contributed by atoms with van der Waals surface area (Å²) in [5, 5.41) is 3.96. The van der Waals surface area contributed by atoms with Crippen LogP contribution in [0.15, 0.2) is 27.5 Å². The van der Waals surface area contributed by atoms with Crippen molar-refractivity contribution in [1.82, 2.24) is 20.0 Å². The van der Waals surface area contributed by atoms with E-state index in [9.17, 15) is 4.79 Å². The van der Waals surface area contributed by atoms with Crippen LogP contribution < -0.4 is 4.74 Å². The molecule has 1 amide bonds. The molecule has 8 heteroatoms. The van der Waals surface area contributed by atoms with Crippen LogP contribution in [0.1, 0.15) is 47.8 Å². The summed E-state index contributed by atoms with van der Waals surface area (Å²) in [6.07, 6.45) is 7.54. The van der Waals surface area contributed by atoms with Gasteiger partial charge in [-0.25, -0.2) is 9.97 Å². The molecular formula is C17H19BrN4O3. The number of rotatable bonds is 5. The summed E-state index contributed by atoms with van der Waals surface area (Å²) >= 11 is 3.30. The van der Waals surface area contributed by atoms with Crippen molar-refractivity contribution in [2.75, 3.05) is 19.7 Å². The molecule has 2 aromatic rings. The van der Waals surface area contributed by atoms with Crippen LogP contribution in [0.25, 0.3) is 0 Å². The number of carbonyl (C=O) groups excluding carboxylic acids is 1. The monoisotopic (exact) mass is 406 g/mol. The van der Waals surface area contributed by atoms with E-state index in [1.165, 1.54) is 0 Å². The van der Waals surface area contributed by atoms with Crippen molar-refractivity contribution in [1.29, 1.82) is 0 Å². The molecule has 0 N–H and O–H groups in total. The third kappa shape index (κ3) is 4.00. The summed E-state index contributed by atoms with van der Waals surface area (Å²) in [6, 6.07) is 2.16. The van der Waals surface area contributed by atoms with Gasteiger partial charge in [-0.3, -0.25) is 4.79 Å². The maximum Gasteiger partial charge on any atom is 0.316 e. The Hall–Kier alpha value is -1.96. The highest BCUT2D eigenvalue weighted by atomic mass is 79.9. The Morgan fingerprint density at radius 2 is 2.12 bits per heavy atom. The molecule has 132 valence electrons. The SMILES string of the molecule is O=C(c1cc(C2CC2)on1)N1CCCC(COc2ncc(Br)cn2)C1. The highest BCUT2D eigenvalue weighted by Gasteiger charge is 2.31. The zero-order valence-corrected chi connectivity index (χ0v) is 15.3. The van der Waals surface area contributed by atoms with E-state index in [1.807, 2.05) is 4.90 Å². The van der Waals surface area contributed by atoms with Crippen LogP contribution in [0.4, 0.5) is 0 Å². The molecule has 1 saturated heterocycles. The van der Waals surface area contributed by atoms with E-state index in [1.54, 1.807) is 18.5 Å². The molecule has 1 aliphatic heterocycles. The van der Waals surface area contributed by atoms with Crippen LogP contribution in [0.3, 0.4) is 0 Å². The zero-order valence-electron chi connectivity index (χ0n) is 13.7. The number of hydrogen-bond acceptors (Lipinski definition) is 6. The van der Waals surface area contributed by atoms with Crippen molar-refractivity contribution in [2.24, 2.45) is 5.92 Å². The molecule has 7 nitrogen and oxygen atoms in total. The van der Waals surface area contributed by atoms with Crippen LogP contribution in [-0.4, -0.2) is 45.6 Å². The molecule has 1 aliphatic carbocycles. The molecule has 2 fully saturated rings. The fourth-order valence-electron chi connectivity index (χ4n) is 3.07. The predicted molar refractivity (Wildman–Crippen MR) is 92.3 cm³/mol. The van der Waals surface area contributed by atoms with E-state index in [0.717, 1.165) is 42.5 Å². The lowest BCUT2D eigenvalue weighted by Gasteiger charge is -2.31. The molecule has 0 radical (unpaired) electrons. The van der Waals surface area contributed by atoms with Gasteiger partial charge in [-0.1, -0.05) is 5.16 Å². The second-order valence-corrected chi connectivity index (χ2v) is 7.56. The van der Waals surface area contributed by atoms with Gasteiger partial charge in [-0.15, -0.1) is 0 Å². The number of carbonyl (C=O) groups is 1. The quantitative estimate of drug-likeness (QED) is 0.758. The Labute approximate surface area is 153 Å². The number of amides is 1. The summed E-state index contributed by atoms with van der Waals surface area (Å²) in [5.41, 5.74) is 0.416. The summed E-state index contributed by atoms with van der Waals surface area (Å²) in [6.45, 7) is 1.90. The van der Waals surface area contributed by atoms with E-state index in [2.05, 4.69) is 31.1 Å². The van der Waals surface area contributed by atoms with Gasteiger partial charge in [0.05, 0.1) is 11.1 Å². The molecule has 0 spiro atoms. The lowest BCUT2D eigenvalue weighted by atomic mass is 9.98. The van der Waals surface area contributed by atoms with E-state index < -0.39 is 0 Å². The smallest absolute Gasteiger partial charge is 0.316 e. The van der Waals surface area contributed by atoms with Crippen molar-refractivity contribution in [3.8, 4) is 6.01 Å². The summed E-state index contributed by atoms with van der Waals surface area (Å²) in [5.74, 6) is 1.51. The minimum atomic E-state index is -0.0553. The van der Waals surface area contributed by atoms with Gasteiger partial charge in [0.1, 0.15) is 5.76 Å². The third-order valence-corrected chi connectivity index (χ3v) is 4.99. The average Bonchev–Trinajstić information content (AvgIpc) is 3.38. The van der Waals surface area contributed by atoms with Crippen LogP contribution in [0.2, 0.25) is 0 Å². The minimum Gasteiger partial charge on any atom is -0.463 e. The van der Waals surface area contributed by atoms with Crippen molar-refractivity contribution in [3.05, 3.63) is 34.4 Å². The van der Waals surface area contributed by atoms with Gasteiger partial charge in [0.2, 0.25) is 0 Å². The number of likely N-dealkylation sites (tertiary alicyclic amines) is 1. The number of nitrogens with zero attached hydrogens (tertiary/aromatic N) is 4. The standard InChI is InChI=1S/C17H19BrN4O3/c18-13-7-19-17(20-8-13)24-10-11-2-1-5-22(9-11)16(23)14-6-15(25-21-14)12-3-4-12/h6-8,11-12H,1-5,9-10H2. The average molecular weight is 407 g/mol. The molecule has 3 heterocycles. The van der Waals surface area contributed by atoms with Crippen LogP contribution in [0.5, 0.6) is 6.01 Å². The van der Waals surface area contributed by atoms with E-state index in [-0.39, 0.29) is 11.8 Å². The highest BCUT2D eigenvalue weighted by Crippen LogP contribution is 2.40. The van der Waals surface area contributed by atoms with Gasteiger partial charge < -0.3 is 14.2 Å². The Morgan fingerprint density at radius 1 is 1.32 bits per heavy atom. The fraction of sp³-hybridized carbons (Fsp3) is 0.529. The first-order valence-electron chi connectivity index (χ1n) is 8.55. The largest absolute Gasteiger partial charge is 0.463 e. The molecule has 0 aromatic carbocycles. The predicted octanol–water partition coefficient (Wildman–Crippen LogP) is 3.04. The molecule has 2 aromatic heterocycles. The lowest BCUT2D eigenvalue weighted by Crippen LogP contribution is -2.41. The number of aromatic nitrogens is 3. The second-order valence-electron chi connectivity index (χ2n) is 6.64. The topological polar surface area (TPSA) is 81.4 Å². The Morgan fingerprint density at radius 3 is 2.88 bits per heavy atom. The van der Waals surface area contributed by atoms with Gasteiger partial charge in [0.25, 0.3) is 5.91 Å². The Kier molecular flexibility index (Phi) is 4.70. The van der Waals surface area contributed by atoms with Gasteiger partial charge in [-0.05, 0) is 41.6 Å². The maximum atomic E-state index is 12.6. The van der Waals surface area contributed by atoms with Gasteiger partial charge in [0, 0.05) is 43.4 Å². The molecule has 1 saturated carbocycles. The first kappa shape index (κ1) is 16.5. The maximum absolute atomic E-state index is 12.6. The van der Waals surface area contributed by atoms with E-state index >= 15 is 0 Å².